The lowest BCUT2D eigenvalue weighted by Crippen LogP contribution is -2.35. The molecule has 0 aliphatic heterocycles. The zero-order valence-corrected chi connectivity index (χ0v) is 15.7. The van der Waals surface area contributed by atoms with Crippen molar-refractivity contribution in [3.05, 3.63) is 48.0 Å². The molecule has 0 fully saturated rings. The summed E-state index contributed by atoms with van der Waals surface area (Å²) < 4.78 is 4.92. The van der Waals surface area contributed by atoms with E-state index in [1.54, 1.807) is 13.2 Å². The molecule has 2 aromatic rings. The Balaban J connectivity index is 0.00000338. The molecule has 0 aromatic heterocycles. The standard InChI is InChI=1S/C19H25N3O3.ClH/c1-25-13-12-20-10-11-21-18(23)8-9-22-19(24)17-7-6-15-4-2-3-5-16(15)14-17;/h2-7,14,20H,8-13H2,1H3,(H,21,23)(H,22,24);1H. The van der Waals surface area contributed by atoms with Crippen LogP contribution in [0.4, 0.5) is 0 Å². The summed E-state index contributed by atoms with van der Waals surface area (Å²) in [5, 5.41) is 10.8. The minimum Gasteiger partial charge on any atom is -0.383 e. The average Bonchev–Trinajstić information content (AvgIpc) is 2.64. The van der Waals surface area contributed by atoms with Crippen LogP contribution in [0.5, 0.6) is 0 Å². The Kier molecular flexibility index (Phi) is 10.3. The summed E-state index contributed by atoms with van der Waals surface area (Å²) >= 11 is 0. The predicted molar refractivity (Wildman–Crippen MR) is 106 cm³/mol. The maximum Gasteiger partial charge on any atom is 0.251 e. The van der Waals surface area contributed by atoms with Crippen molar-refractivity contribution < 1.29 is 14.3 Å². The van der Waals surface area contributed by atoms with Crippen LogP contribution in [0.15, 0.2) is 42.5 Å². The number of ether oxygens (including phenoxy) is 1. The van der Waals surface area contributed by atoms with E-state index in [1.807, 2.05) is 36.4 Å². The molecule has 2 rings (SSSR count). The number of fused-ring (bicyclic) bond motifs is 1. The molecule has 0 atom stereocenters. The predicted octanol–water partition coefficient (Wildman–Crippen LogP) is 1.73. The smallest absolute Gasteiger partial charge is 0.251 e. The highest BCUT2D eigenvalue weighted by Crippen LogP contribution is 2.15. The van der Waals surface area contributed by atoms with Gasteiger partial charge in [0.15, 0.2) is 0 Å². The Morgan fingerprint density at radius 3 is 2.46 bits per heavy atom. The third kappa shape index (κ3) is 7.39. The van der Waals surface area contributed by atoms with Gasteiger partial charge in [0, 0.05) is 45.3 Å². The number of hydrogen-bond donors (Lipinski definition) is 3. The highest BCUT2D eigenvalue weighted by molar-refractivity contribution is 5.98. The van der Waals surface area contributed by atoms with E-state index in [4.69, 9.17) is 4.74 Å². The van der Waals surface area contributed by atoms with E-state index in [2.05, 4.69) is 16.0 Å². The van der Waals surface area contributed by atoms with E-state index >= 15 is 0 Å². The van der Waals surface area contributed by atoms with Crippen LogP contribution in [0.1, 0.15) is 16.8 Å². The fraction of sp³-hybridized carbons (Fsp3) is 0.368. The molecule has 0 bridgehead atoms. The normalized spacial score (nSPS) is 10.2. The van der Waals surface area contributed by atoms with Crippen LogP contribution in [0.25, 0.3) is 10.8 Å². The average molecular weight is 380 g/mol. The number of nitrogens with one attached hydrogen (secondary N) is 3. The topological polar surface area (TPSA) is 79.5 Å². The number of methoxy groups -OCH3 is 1. The molecule has 0 unspecified atom stereocenters. The fourth-order valence-corrected chi connectivity index (χ4v) is 2.40. The summed E-state index contributed by atoms with van der Waals surface area (Å²) in [6.07, 6.45) is 0.261. The first kappa shape index (κ1) is 21.9. The van der Waals surface area contributed by atoms with Crippen molar-refractivity contribution in [1.82, 2.24) is 16.0 Å². The lowest BCUT2D eigenvalue weighted by molar-refractivity contribution is -0.120. The highest BCUT2D eigenvalue weighted by atomic mass is 35.5. The minimum atomic E-state index is -0.167. The second-order valence-electron chi connectivity index (χ2n) is 5.66. The lowest BCUT2D eigenvalue weighted by atomic mass is 10.1. The Bertz CT molecular complexity index is 709. The molecule has 0 spiro atoms. The van der Waals surface area contributed by atoms with Crippen LogP contribution >= 0.6 is 12.4 Å². The van der Waals surface area contributed by atoms with Crippen LogP contribution in [0.2, 0.25) is 0 Å². The van der Waals surface area contributed by atoms with Crippen LogP contribution < -0.4 is 16.0 Å². The van der Waals surface area contributed by atoms with Crippen molar-refractivity contribution in [1.29, 1.82) is 0 Å². The van der Waals surface area contributed by atoms with Gasteiger partial charge in [-0.05, 0) is 22.9 Å². The molecule has 142 valence electrons. The largest absolute Gasteiger partial charge is 0.383 e. The van der Waals surface area contributed by atoms with Gasteiger partial charge >= 0.3 is 0 Å². The molecule has 26 heavy (non-hydrogen) atoms. The first-order valence-electron chi connectivity index (χ1n) is 8.44. The Morgan fingerprint density at radius 1 is 0.923 bits per heavy atom. The summed E-state index contributed by atoms with van der Waals surface area (Å²) in [4.78, 5) is 23.9. The first-order valence-corrected chi connectivity index (χ1v) is 8.44. The van der Waals surface area contributed by atoms with Gasteiger partial charge in [0.2, 0.25) is 5.91 Å². The molecule has 6 nitrogen and oxygen atoms in total. The number of amides is 2. The van der Waals surface area contributed by atoms with E-state index in [0.29, 0.717) is 31.8 Å². The van der Waals surface area contributed by atoms with Crippen molar-refractivity contribution in [2.45, 2.75) is 6.42 Å². The summed E-state index contributed by atoms with van der Waals surface area (Å²) in [7, 11) is 1.65. The molecule has 3 N–H and O–H groups in total. The van der Waals surface area contributed by atoms with Gasteiger partial charge in [0.05, 0.1) is 6.61 Å². The molecule has 0 saturated carbocycles. The summed E-state index contributed by atoms with van der Waals surface area (Å²) in [6.45, 7) is 2.97. The van der Waals surface area contributed by atoms with Gasteiger partial charge in [-0.15, -0.1) is 12.4 Å². The second kappa shape index (κ2) is 12.2. The summed E-state index contributed by atoms with van der Waals surface area (Å²) in [6, 6.07) is 13.5. The zero-order valence-electron chi connectivity index (χ0n) is 14.9. The molecule has 2 aromatic carbocycles. The lowest BCUT2D eigenvalue weighted by Gasteiger charge is -2.08. The quantitative estimate of drug-likeness (QED) is 0.549. The van der Waals surface area contributed by atoms with Gasteiger partial charge in [-0.25, -0.2) is 0 Å². The van der Waals surface area contributed by atoms with E-state index in [-0.39, 0.29) is 30.6 Å². The third-order valence-electron chi connectivity index (χ3n) is 3.76. The fourth-order valence-electron chi connectivity index (χ4n) is 2.40. The van der Waals surface area contributed by atoms with Crippen LogP contribution in [0, 0.1) is 0 Å². The van der Waals surface area contributed by atoms with E-state index in [0.717, 1.165) is 17.3 Å². The van der Waals surface area contributed by atoms with Crippen molar-refractivity contribution in [2.24, 2.45) is 0 Å². The third-order valence-corrected chi connectivity index (χ3v) is 3.76. The Morgan fingerprint density at radius 2 is 1.69 bits per heavy atom. The monoisotopic (exact) mass is 379 g/mol. The Hall–Kier alpha value is -2.15. The van der Waals surface area contributed by atoms with Crippen LogP contribution in [-0.2, 0) is 9.53 Å². The molecule has 2 amide bonds. The van der Waals surface area contributed by atoms with Gasteiger partial charge < -0.3 is 20.7 Å². The molecule has 0 heterocycles. The van der Waals surface area contributed by atoms with Gasteiger partial charge in [-0.3, -0.25) is 9.59 Å². The molecule has 0 aliphatic carbocycles. The highest BCUT2D eigenvalue weighted by Gasteiger charge is 2.07. The summed E-state index contributed by atoms with van der Waals surface area (Å²) in [5.41, 5.74) is 0.599. The van der Waals surface area contributed by atoms with Gasteiger partial charge in [0.1, 0.15) is 0 Å². The van der Waals surface area contributed by atoms with Gasteiger partial charge in [-0.1, -0.05) is 30.3 Å². The molecular weight excluding hydrogens is 354 g/mol. The molecule has 0 radical (unpaired) electrons. The SMILES string of the molecule is COCCNCCNC(=O)CCNC(=O)c1ccc2ccccc2c1.Cl. The van der Waals surface area contributed by atoms with Gasteiger partial charge in [-0.2, -0.15) is 0 Å². The number of carbonyl (C=O) groups is 2. The molecule has 0 aliphatic rings. The summed E-state index contributed by atoms with van der Waals surface area (Å²) in [5.74, 6) is -0.243. The maximum absolute atomic E-state index is 12.2. The second-order valence-corrected chi connectivity index (χ2v) is 5.66. The first-order chi connectivity index (χ1) is 12.2. The zero-order chi connectivity index (χ0) is 17.9. The van der Waals surface area contributed by atoms with Crippen molar-refractivity contribution in [3.63, 3.8) is 0 Å². The maximum atomic E-state index is 12.2. The Labute approximate surface area is 160 Å². The molecular formula is C19H26ClN3O3. The van der Waals surface area contributed by atoms with E-state index in [9.17, 15) is 9.59 Å². The number of benzene rings is 2. The number of hydrogen-bond acceptors (Lipinski definition) is 4. The van der Waals surface area contributed by atoms with Gasteiger partial charge in [0.25, 0.3) is 5.91 Å². The van der Waals surface area contributed by atoms with E-state index < -0.39 is 0 Å². The number of rotatable bonds is 10. The minimum absolute atomic E-state index is 0. The van der Waals surface area contributed by atoms with E-state index in [1.165, 1.54) is 0 Å². The number of halogens is 1. The van der Waals surface area contributed by atoms with Crippen molar-refractivity contribution in [2.75, 3.05) is 39.9 Å². The number of carbonyl (C=O) groups excluding carboxylic acids is 2. The molecule has 7 heteroatoms. The molecule has 0 saturated heterocycles. The van der Waals surface area contributed by atoms with Crippen LogP contribution in [0.3, 0.4) is 0 Å². The van der Waals surface area contributed by atoms with Crippen molar-refractivity contribution >= 4 is 35.0 Å². The van der Waals surface area contributed by atoms with Crippen molar-refractivity contribution in [3.8, 4) is 0 Å². The van der Waals surface area contributed by atoms with Crippen LogP contribution in [-0.4, -0.2) is 51.7 Å².